The Morgan fingerprint density at radius 1 is 1.00 bits per heavy atom. The van der Waals surface area contributed by atoms with Gasteiger partial charge in [-0.25, -0.2) is 4.39 Å². The van der Waals surface area contributed by atoms with E-state index in [1.165, 1.54) is 42.5 Å². The zero-order chi connectivity index (χ0) is 21.8. The normalized spacial score (nSPS) is 19.5. The minimum absolute atomic E-state index is 0.223. The summed E-state index contributed by atoms with van der Waals surface area (Å²) in [5.74, 6) is 1.22. The van der Waals surface area contributed by atoms with Crippen molar-refractivity contribution in [3.8, 4) is 28.3 Å². The minimum atomic E-state index is -0.223. The molecule has 0 spiro atoms. The predicted octanol–water partition coefficient (Wildman–Crippen LogP) is 5.10. The molecule has 4 aromatic rings. The third-order valence-corrected chi connectivity index (χ3v) is 7.16. The molecule has 1 aliphatic carbocycles. The average Bonchev–Trinajstić information content (AvgIpc) is 3.53. The molecule has 1 saturated carbocycles. The molecule has 6 rings (SSSR count). The van der Waals surface area contributed by atoms with Crippen molar-refractivity contribution in [2.45, 2.75) is 37.8 Å². The molecule has 162 valence electrons. The fourth-order valence-corrected chi connectivity index (χ4v) is 5.35. The van der Waals surface area contributed by atoms with E-state index in [0.29, 0.717) is 12.0 Å². The third-order valence-electron chi connectivity index (χ3n) is 7.16. The molecule has 1 fully saturated rings. The molecule has 0 radical (unpaired) electrons. The van der Waals surface area contributed by atoms with Crippen LogP contribution in [0.15, 0.2) is 61.1 Å². The van der Waals surface area contributed by atoms with Crippen LogP contribution in [0.5, 0.6) is 0 Å². The van der Waals surface area contributed by atoms with Gasteiger partial charge in [0, 0.05) is 24.3 Å². The second-order valence-corrected chi connectivity index (χ2v) is 9.29. The summed E-state index contributed by atoms with van der Waals surface area (Å²) in [5.41, 5.74) is 6.91. The van der Waals surface area contributed by atoms with E-state index in [2.05, 4.69) is 68.8 Å². The van der Waals surface area contributed by atoms with Crippen molar-refractivity contribution >= 4 is 0 Å². The largest absolute Gasteiger partial charge is 0.340 e. The lowest BCUT2D eigenvalue weighted by Gasteiger charge is -2.19. The molecule has 2 aromatic carbocycles. The van der Waals surface area contributed by atoms with Crippen molar-refractivity contribution in [2.24, 2.45) is 0 Å². The summed E-state index contributed by atoms with van der Waals surface area (Å²) in [7, 11) is 4.37. The Morgan fingerprint density at radius 2 is 1.84 bits per heavy atom. The molecular formula is C26H26FN5. The first-order valence-electron chi connectivity index (χ1n) is 11.2. The molecule has 2 aliphatic rings. The van der Waals surface area contributed by atoms with Gasteiger partial charge in [-0.1, -0.05) is 24.3 Å². The number of nitrogens with zero attached hydrogens (tertiary/aromatic N) is 5. The topological polar surface area (TPSA) is 38.9 Å². The van der Waals surface area contributed by atoms with Gasteiger partial charge in [0.25, 0.3) is 0 Å². The van der Waals surface area contributed by atoms with E-state index in [1.807, 2.05) is 12.1 Å². The number of aromatic nitrogens is 4. The quantitative estimate of drug-likeness (QED) is 0.402. The molecule has 2 atom stereocenters. The first-order chi connectivity index (χ1) is 15.6. The lowest BCUT2D eigenvalue weighted by molar-refractivity contribution is 0.296. The highest BCUT2D eigenvalue weighted by molar-refractivity contribution is 5.71. The van der Waals surface area contributed by atoms with Gasteiger partial charge in [0.05, 0.1) is 11.4 Å². The second-order valence-electron chi connectivity index (χ2n) is 9.29. The summed E-state index contributed by atoms with van der Waals surface area (Å²) in [5, 5.41) is 8.64. The molecule has 0 N–H and O–H groups in total. The van der Waals surface area contributed by atoms with Crippen molar-refractivity contribution in [1.29, 1.82) is 0 Å². The molecular weight excluding hydrogens is 401 g/mol. The van der Waals surface area contributed by atoms with Gasteiger partial charge < -0.3 is 9.47 Å². The first kappa shape index (κ1) is 19.4. The van der Waals surface area contributed by atoms with Gasteiger partial charge in [-0.05, 0) is 80.2 Å². The van der Waals surface area contributed by atoms with Gasteiger partial charge in [0.2, 0.25) is 0 Å². The Morgan fingerprint density at radius 3 is 2.62 bits per heavy atom. The zero-order valence-corrected chi connectivity index (χ0v) is 18.4. The van der Waals surface area contributed by atoms with Crippen molar-refractivity contribution in [3.63, 3.8) is 0 Å². The minimum Gasteiger partial charge on any atom is -0.340 e. The fraction of sp³-hybridized carbons (Fsp3) is 0.308. The number of halogens is 1. The fourth-order valence-electron chi connectivity index (χ4n) is 5.35. The lowest BCUT2D eigenvalue weighted by Crippen LogP contribution is -2.24. The highest BCUT2D eigenvalue weighted by Crippen LogP contribution is 2.39. The van der Waals surface area contributed by atoms with Gasteiger partial charge in [0.1, 0.15) is 12.1 Å². The summed E-state index contributed by atoms with van der Waals surface area (Å²) in [4.78, 5) is 2.36. The molecule has 0 bridgehead atoms. The molecule has 32 heavy (non-hydrogen) atoms. The Balaban J connectivity index is 1.41. The van der Waals surface area contributed by atoms with Gasteiger partial charge >= 0.3 is 0 Å². The monoisotopic (exact) mass is 427 g/mol. The van der Waals surface area contributed by atoms with Crippen molar-refractivity contribution in [3.05, 3.63) is 78.0 Å². The summed E-state index contributed by atoms with van der Waals surface area (Å²) in [6.45, 7) is 0.771. The van der Waals surface area contributed by atoms with E-state index in [-0.39, 0.29) is 5.82 Å². The van der Waals surface area contributed by atoms with E-state index in [0.717, 1.165) is 34.9 Å². The summed E-state index contributed by atoms with van der Waals surface area (Å²) < 4.78 is 17.7. The molecule has 1 aliphatic heterocycles. The van der Waals surface area contributed by atoms with Gasteiger partial charge in [-0.3, -0.25) is 4.57 Å². The van der Waals surface area contributed by atoms with E-state index >= 15 is 0 Å². The van der Waals surface area contributed by atoms with E-state index in [9.17, 15) is 4.39 Å². The maximum atomic E-state index is 13.4. The van der Waals surface area contributed by atoms with Crippen LogP contribution in [-0.4, -0.2) is 44.4 Å². The molecule has 0 amide bonds. The second kappa shape index (κ2) is 7.41. The number of benzene rings is 2. The Bertz CT molecular complexity index is 1280. The summed E-state index contributed by atoms with van der Waals surface area (Å²) in [6, 6.07) is 16.3. The van der Waals surface area contributed by atoms with Crippen LogP contribution in [0.2, 0.25) is 0 Å². The van der Waals surface area contributed by atoms with E-state index in [1.54, 1.807) is 6.33 Å². The van der Waals surface area contributed by atoms with Crippen LogP contribution in [0.25, 0.3) is 28.3 Å². The zero-order valence-electron chi connectivity index (χ0n) is 18.4. The van der Waals surface area contributed by atoms with E-state index in [4.69, 9.17) is 0 Å². The average molecular weight is 428 g/mol. The SMILES string of the molecule is CN(C)[C@H]1CCC(c2ccc3c(c2)Cn2cc(-c4ccc(F)cc4)cc2-c2nncn2-3)C1. The van der Waals surface area contributed by atoms with Gasteiger partial charge in [0.15, 0.2) is 5.82 Å². The Kier molecular flexibility index (Phi) is 4.50. The van der Waals surface area contributed by atoms with Crippen molar-refractivity contribution in [2.75, 3.05) is 14.1 Å². The van der Waals surface area contributed by atoms with Crippen LogP contribution in [0.4, 0.5) is 4.39 Å². The third kappa shape index (κ3) is 3.17. The van der Waals surface area contributed by atoms with Crippen molar-refractivity contribution < 1.29 is 4.39 Å². The first-order valence-corrected chi connectivity index (χ1v) is 11.2. The maximum absolute atomic E-state index is 13.4. The van der Waals surface area contributed by atoms with Crippen LogP contribution in [0.1, 0.15) is 36.3 Å². The molecule has 5 nitrogen and oxygen atoms in total. The van der Waals surface area contributed by atoms with E-state index < -0.39 is 0 Å². The molecule has 1 unspecified atom stereocenters. The summed E-state index contributed by atoms with van der Waals surface area (Å²) in [6.07, 6.45) is 7.65. The lowest BCUT2D eigenvalue weighted by atomic mass is 9.94. The molecule has 3 heterocycles. The van der Waals surface area contributed by atoms with Gasteiger partial charge in [-0.2, -0.15) is 0 Å². The predicted molar refractivity (Wildman–Crippen MR) is 123 cm³/mol. The maximum Gasteiger partial charge on any atom is 0.185 e. The van der Waals surface area contributed by atoms with Crippen LogP contribution in [0, 0.1) is 5.82 Å². The number of fused-ring (bicyclic) bond motifs is 5. The summed E-state index contributed by atoms with van der Waals surface area (Å²) >= 11 is 0. The number of hydrogen-bond acceptors (Lipinski definition) is 3. The van der Waals surface area contributed by atoms with Gasteiger partial charge in [-0.15, -0.1) is 10.2 Å². The standard InChI is InChI=1S/C26H26FN5/c1-30(2)23-9-5-19(12-23)18-6-10-24-21(11-18)15-31-14-20(17-3-7-22(27)8-4-17)13-25(31)26-29-28-16-32(24)26/h3-4,6-8,10-11,13-14,16,19,23H,5,9,12,15H2,1-2H3/t19?,23-/m0/s1. The van der Waals surface area contributed by atoms with Crippen molar-refractivity contribution in [1.82, 2.24) is 24.2 Å². The molecule has 6 heteroatoms. The van der Waals surface area contributed by atoms with Crippen LogP contribution >= 0.6 is 0 Å². The van der Waals surface area contributed by atoms with Crippen LogP contribution < -0.4 is 0 Å². The number of hydrogen-bond donors (Lipinski definition) is 0. The Hall–Kier alpha value is -3.25. The highest BCUT2D eigenvalue weighted by Gasteiger charge is 2.28. The smallest absolute Gasteiger partial charge is 0.185 e. The van der Waals surface area contributed by atoms with Crippen LogP contribution in [0.3, 0.4) is 0 Å². The highest BCUT2D eigenvalue weighted by atomic mass is 19.1. The number of rotatable bonds is 3. The Labute approximate surface area is 187 Å². The molecule has 0 saturated heterocycles. The molecule has 2 aromatic heterocycles. The van der Waals surface area contributed by atoms with Crippen LogP contribution in [-0.2, 0) is 6.54 Å².